The summed E-state index contributed by atoms with van der Waals surface area (Å²) in [5, 5.41) is 2.48. The topological polar surface area (TPSA) is 93.5 Å². The number of nitrogens with zero attached hydrogens (tertiary/aromatic N) is 1. The van der Waals surface area contributed by atoms with E-state index >= 15 is 0 Å². The molecule has 0 spiro atoms. The van der Waals surface area contributed by atoms with Crippen molar-refractivity contribution in [3.63, 3.8) is 0 Å². The summed E-state index contributed by atoms with van der Waals surface area (Å²) in [6, 6.07) is 19.2. The summed E-state index contributed by atoms with van der Waals surface area (Å²) < 4.78 is 13.4. The number of urea groups is 1. The molecule has 8 heteroatoms. The Morgan fingerprint density at radius 3 is 2.55 bits per heavy atom. The monoisotopic (exact) mass is 433 g/mol. The standard InChI is InChI=1S/C23H19N3O4S/c1-14-7-8-16(21-24-18-5-3-4-6-20(18)30-21)13-19(14)25-23(28)26-31-22(27)15-9-11-17(29-2)12-10-15/h3-13H,1-2H3,(H2,25,26,28). The van der Waals surface area contributed by atoms with Gasteiger partial charge in [0.25, 0.3) is 0 Å². The van der Waals surface area contributed by atoms with Crippen molar-refractivity contribution in [2.45, 2.75) is 6.92 Å². The molecule has 4 aromatic rings. The number of carbonyl (C=O) groups excluding carboxylic acids is 2. The lowest BCUT2D eigenvalue weighted by molar-refractivity contribution is 0.108. The first-order valence-electron chi connectivity index (χ1n) is 9.42. The normalized spacial score (nSPS) is 10.6. The first-order valence-corrected chi connectivity index (χ1v) is 10.2. The van der Waals surface area contributed by atoms with E-state index in [9.17, 15) is 9.59 Å². The van der Waals surface area contributed by atoms with Crippen LogP contribution in [-0.4, -0.2) is 23.2 Å². The first kappa shape index (κ1) is 20.5. The van der Waals surface area contributed by atoms with E-state index < -0.39 is 6.03 Å². The quantitative estimate of drug-likeness (QED) is 0.417. The fraction of sp³-hybridized carbons (Fsp3) is 0.0870. The smallest absolute Gasteiger partial charge is 0.329 e. The van der Waals surface area contributed by atoms with E-state index in [0.717, 1.165) is 16.6 Å². The molecule has 0 saturated heterocycles. The van der Waals surface area contributed by atoms with Crippen molar-refractivity contribution in [1.29, 1.82) is 0 Å². The maximum atomic E-state index is 12.3. The number of oxazole rings is 1. The molecule has 0 aliphatic carbocycles. The molecule has 1 heterocycles. The molecule has 0 atom stereocenters. The van der Waals surface area contributed by atoms with Gasteiger partial charge in [0.05, 0.1) is 7.11 Å². The van der Waals surface area contributed by atoms with Crippen LogP contribution in [0.25, 0.3) is 22.6 Å². The van der Waals surface area contributed by atoms with Crippen LogP contribution in [-0.2, 0) is 0 Å². The minimum atomic E-state index is -0.510. The molecule has 0 aliphatic rings. The average molecular weight is 433 g/mol. The van der Waals surface area contributed by atoms with E-state index in [-0.39, 0.29) is 5.12 Å². The van der Waals surface area contributed by atoms with Crippen LogP contribution in [0.15, 0.2) is 71.1 Å². The Morgan fingerprint density at radius 2 is 1.81 bits per heavy atom. The van der Waals surface area contributed by atoms with E-state index in [4.69, 9.17) is 9.15 Å². The van der Waals surface area contributed by atoms with Gasteiger partial charge in [-0.2, -0.15) is 0 Å². The highest BCUT2D eigenvalue weighted by Gasteiger charge is 2.13. The van der Waals surface area contributed by atoms with Crippen LogP contribution in [0.4, 0.5) is 10.5 Å². The van der Waals surface area contributed by atoms with Gasteiger partial charge in [0.1, 0.15) is 11.3 Å². The summed E-state index contributed by atoms with van der Waals surface area (Å²) in [5.41, 5.74) is 4.10. The Kier molecular flexibility index (Phi) is 5.90. The number of benzene rings is 3. The van der Waals surface area contributed by atoms with Crippen LogP contribution in [0.1, 0.15) is 15.9 Å². The van der Waals surface area contributed by atoms with Crippen LogP contribution in [0.5, 0.6) is 5.75 Å². The lowest BCUT2D eigenvalue weighted by Crippen LogP contribution is -2.24. The van der Waals surface area contributed by atoms with Crippen molar-refractivity contribution < 1.29 is 18.7 Å². The summed E-state index contributed by atoms with van der Waals surface area (Å²) in [5.74, 6) is 1.12. The Hall–Kier alpha value is -3.78. The number of carbonyl (C=O) groups is 2. The molecule has 2 amide bonds. The summed E-state index contributed by atoms with van der Waals surface area (Å²) in [6.07, 6.45) is 0. The first-order chi connectivity index (χ1) is 15.0. The summed E-state index contributed by atoms with van der Waals surface area (Å²) >= 11 is 0.707. The van der Waals surface area contributed by atoms with Crippen molar-refractivity contribution >= 4 is 39.9 Å². The van der Waals surface area contributed by atoms with Crippen LogP contribution < -0.4 is 14.8 Å². The SMILES string of the molecule is COc1ccc(C(=O)SNC(=O)Nc2cc(-c3nc4ccccc4o3)ccc2C)cc1. The van der Waals surface area contributed by atoms with Crippen molar-refractivity contribution in [3.05, 3.63) is 77.9 Å². The highest BCUT2D eigenvalue weighted by Crippen LogP contribution is 2.28. The minimum absolute atomic E-state index is 0.283. The van der Waals surface area contributed by atoms with Gasteiger partial charge >= 0.3 is 6.03 Å². The molecule has 0 unspecified atom stereocenters. The fourth-order valence-electron chi connectivity index (χ4n) is 2.91. The molecule has 31 heavy (non-hydrogen) atoms. The molecule has 4 rings (SSSR count). The number of methoxy groups -OCH3 is 1. The lowest BCUT2D eigenvalue weighted by atomic mass is 10.1. The number of nitrogens with one attached hydrogen (secondary N) is 2. The zero-order chi connectivity index (χ0) is 21.8. The second-order valence-corrected chi connectivity index (χ2v) is 7.47. The maximum Gasteiger partial charge on any atom is 0.329 e. The molecule has 3 aromatic carbocycles. The van der Waals surface area contributed by atoms with E-state index in [1.54, 1.807) is 37.4 Å². The molecule has 0 aliphatic heterocycles. The van der Waals surface area contributed by atoms with E-state index in [1.807, 2.05) is 43.3 Å². The predicted octanol–water partition coefficient (Wildman–Crippen LogP) is 5.42. The molecule has 2 N–H and O–H groups in total. The van der Waals surface area contributed by atoms with Gasteiger partial charge in [0, 0.05) is 28.8 Å². The van der Waals surface area contributed by atoms with Crippen LogP contribution in [0.2, 0.25) is 0 Å². The Labute approximate surface area is 182 Å². The zero-order valence-electron chi connectivity index (χ0n) is 16.8. The molecule has 0 fully saturated rings. The van der Waals surface area contributed by atoms with Crippen molar-refractivity contribution in [1.82, 2.24) is 9.71 Å². The molecule has 1 aromatic heterocycles. The van der Waals surface area contributed by atoms with E-state index in [0.29, 0.717) is 40.4 Å². The number of hydrogen-bond donors (Lipinski definition) is 2. The number of rotatable bonds is 4. The van der Waals surface area contributed by atoms with Gasteiger partial charge in [-0.3, -0.25) is 9.52 Å². The fourth-order valence-corrected chi connectivity index (χ4v) is 3.40. The lowest BCUT2D eigenvalue weighted by Gasteiger charge is -2.10. The predicted molar refractivity (Wildman–Crippen MR) is 121 cm³/mol. The van der Waals surface area contributed by atoms with Crippen molar-refractivity contribution in [3.8, 4) is 17.2 Å². The van der Waals surface area contributed by atoms with Gasteiger partial charge in [-0.05, 0) is 61.0 Å². The summed E-state index contributed by atoms with van der Waals surface area (Å²) in [6.45, 7) is 1.88. The molecule has 0 bridgehead atoms. The van der Waals surface area contributed by atoms with E-state index in [1.165, 1.54) is 0 Å². The molecule has 0 radical (unpaired) electrons. The third-order valence-electron chi connectivity index (χ3n) is 4.59. The zero-order valence-corrected chi connectivity index (χ0v) is 17.7. The van der Waals surface area contributed by atoms with Crippen molar-refractivity contribution in [2.75, 3.05) is 12.4 Å². The van der Waals surface area contributed by atoms with Gasteiger partial charge < -0.3 is 14.5 Å². The second-order valence-electron chi connectivity index (χ2n) is 6.69. The van der Waals surface area contributed by atoms with Gasteiger partial charge in [-0.25, -0.2) is 9.78 Å². The Balaban J connectivity index is 1.42. The Bertz CT molecular complexity index is 1220. The number of anilines is 1. The highest BCUT2D eigenvalue weighted by molar-refractivity contribution is 8.12. The number of para-hydroxylation sites is 2. The number of ether oxygens (including phenoxy) is 1. The van der Waals surface area contributed by atoms with Crippen LogP contribution in [0, 0.1) is 6.92 Å². The summed E-state index contributed by atoms with van der Waals surface area (Å²) in [4.78, 5) is 29.1. The van der Waals surface area contributed by atoms with Crippen molar-refractivity contribution in [2.24, 2.45) is 0 Å². The number of aromatic nitrogens is 1. The molecule has 156 valence electrons. The number of aryl methyl sites for hydroxylation is 1. The van der Waals surface area contributed by atoms with Gasteiger partial charge in [0.15, 0.2) is 5.58 Å². The minimum Gasteiger partial charge on any atom is -0.497 e. The highest BCUT2D eigenvalue weighted by atomic mass is 32.2. The van der Waals surface area contributed by atoms with Crippen LogP contribution in [0.3, 0.4) is 0 Å². The van der Waals surface area contributed by atoms with Gasteiger partial charge in [-0.1, -0.05) is 18.2 Å². The largest absolute Gasteiger partial charge is 0.497 e. The Morgan fingerprint density at radius 1 is 1.03 bits per heavy atom. The van der Waals surface area contributed by atoms with Crippen LogP contribution >= 0.6 is 11.9 Å². The third kappa shape index (κ3) is 4.70. The molecular weight excluding hydrogens is 414 g/mol. The van der Waals surface area contributed by atoms with Gasteiger partial charge in [-0.15, -0.1) is 0 Å². The number of hydrogen-bond acceptors (Lipinski definition) is 6. The molecule has 7 nitrogen and oxygen atoms in total. The second kappa shape index (κ2) is 8.93. The summed E-state index contributed by atoms with van der Waals surface area (Å²) in [7, 11) is 1.55. The number of amides is 2. The van der Waals surface area contributed by atoms with E-state index in [2.05, 4.69) is 15.0 Å². The average Bonchev–Trinajstić information content (AvgIpc) is 3.23. The maximum absolute atomic E-state index is 12.3. The molecule has 0 saturated carbocycles. The molecular formula is C23H19N3O4S. The van der Waals surface area contributed by atoms with Gasteiger partial charge in [0.2, 0.25) is 11.0 Å². The number of fused-ring (bicyclic) bond motifs is 1. The third-order valence-corrected chi connectivity index (χ3v) is 5.30.